The zero-order chi connectivity index (χ0) is 17.5. The minimum atomic E-state index is -0.444. The number of carbonyl (C=O) groups is 1. The Hall–Kier alpha value is -2.83. The van der Waals surface area contributed by atoms with E-state index in [0.29, 0.717) is 13.1 Å². The summed E-state index contributed by atoms with van der Waals surface area (Å²) in [5.41, 5.74) is 1.51. The number of ether oxygens (including phenoxy) is 1. The molecule has 128 valence electrons. The van der Waals surface area contributed by atoms with Crippen molar-refractivity contribution < 1.29 is 9.53 Å². The van der Waals surface area contributed by atoms with Crippen LogP contribution in [-0.4, -0.2) is 21.7 Å². The number of aromatic nitrogens is 2. The Morgan fingerprint density at radius 3 is 2.62 bits per heavy atom. The quantitative estimate of drug-likeness (QED) is 0.850. The normalized spacial score (nSPS) is 10.5. The van der Waals surface area contributed by atoms with Crippen LogP contribution < -0.4 is 16.2 Å². The maximum Gasteiger partial charge on any atom is 0.407 e. The van der Waals surface area contributed by atoms with Gasteiger partial charge in [0.2, 0.25) is 0 Å². The van der Waals surface area contributed by atoms with Crippen molar-refractivity contribution >= 4 is 17.6 Å². The third-order valence-corrected chi connectivity index (χ3v) is 3.25. The zero-order valence-corrected chi connectivity index (χ0v) is 14.1. The average Bonchev–Trinajstić information content (AvgIpc) is 2.55. The summed E-state index contributed by atoms with van der Waals surface area (Å²) >= 11 is 0. The van der Waals surface area contributed by atoms with Gasteiger partial charge in [-0.2, -0.15) is 0 Å². The van der Waals surface area contributed by atoms with Gasteiger partial charge in [-0.15, -0.1) is 0 Å². The second-order valence-corrected chi connectivity index (χ2v) is 5.50. The van der Waals surface area contributed by atoms with Crippen LogP contribution in [0.4, 0.5) is 16.3 Å². The van der Waals surface area contributed by atoms with Crippen LogP contribution >= 0.6 is 0 Å². The number of alkyl carbamates (subject to hydrolysis) is 1. The molecule has 1 aromatic carbocycles. The number of amides is 1. The van der Waals surface area contributed by atoms with E-state index in [1.54, 1.807) is 30.8 Å². The fourth-order valence-electron chi connectivity index (χ4n) is 2.05. The Labute approximate surface area is 140 Å². The first-order chi connectivity index (χ1) is 11.5. The predicted octanol–water partition coefficient (Wildman–Crippen LogP) is 2.64. The van der Waals surface area contributed by atoms with Crippen LogP contribution in [0.25, 0.3) is 0 Å². The predicted molar refractivity (Wildman–Crippen MR) is 92.4 cm³/mol. The van der Waals surface area contributed by atoms with E-state index in [0.717, 1.165) is 11.3 Å². The Balaban J connectivity index is 1.97. The molecule has 7 heteroatoms. The van der Waals surface area contributed by atoms with Crippen molar-refractivity contribution in [2.45, 2.75) is 40.0 Å². The molecule has 2 rings (SSSR count). The number of hydrogen-bond donors (Lipinski definition) is 2. The molecule has 7 nitrogen and oxygen atoms in total. The monoisotopic (exact) mass is 330 g/mol. The summed E-state index contributed by atoms with van der Waals surface area (Å²) in [6, 6.07) is 7.38. The molecule has 0 saturated carbocycles. The molecule has 0 radical (unpaired) electrons. The highest BCUT2D eigenvalue weighted by Gasteiger charge is 2.06. The van der Waals surface area contributed by atoms with E-state index in [1.165, 1.54) is 0 Å². The van der Waals surface area contributed by atoms with Crippen molar-refractivity contribution in [1.29, 1.82) is 0 Å². The Morgan fingerprint density at radius 2 is 2.00 bits per heavy atom. The molecule has 0 aliphatic rings. The molecule has 0 unspecified atom stereocenters. The molecular formula is C17H22N4O3. The van der Waals surface area contributed by atoms with Crippen molar-refractivity contribution in [3.8, 4) is 0 Å². The maximum atomic E-state index is 12.1. The molecule has 0 spiro atoms. The van der Waals surface area contributed by atoms with Gasteiger partial charge in [0.1, 0.15) is 0 Å². The van der Waals surface area contributed by atoms with E-state index < -0.39 is 6.09 Å². The number of anilines is 2. The van der Waals surface area contributed by atoms with Crippen LogP contribution in [0.2, 0.25) is 0 Å². The smallest absolute Gasteiger partial charge is 0.407 e. The van der Waals surface area contributed by atoms with Gasteiger partial charge >= 0.3 is 6.09 Å². The molecule has 0 bridgehead atoms. The van der Waals surface area contributed by atoms with Gasteiger partial charge in [0, 0.05) is 31.2 Å². The van der Waals surface area contributed by atoms with Gasteiger partial charge < -0.3 is 19.9 Å². The first-order valence-electron chi connectivity index (χ1n) is 7.85. The number of rotatable bonds is 6. The van der Waals surface area contributed by atoms with E-state index in [4.69, 9.17) is 4.74 Å². The molecule has 0 saturated heterocycles. The first kappa shape index (κ1) is 17.5. The largest absolute Gasteiger partial charge is 0.447 e. The van der Waals surface area contributed by atoms with Crippen LogP contribution in [0.3, 0.4) is 0 Å². The van der Waals surface area contributed by atoms with E-state index in [1.807, 2.05) is 31.2 Å². The molecule has 0 fully saturated rings. The minimum absolute atomic E-state index is 0.151. The van der Waals surface area contributed by atoms with Crippen molar-refractivity contribution in [1.82, 2.24) is 14.9 Å². The van der Waals surface area contributed by atoms with E-state index in [2.05, 4.69) is 15.6 Å². The summed E-state index contributed by atoms with van der Waals surface area (Å²) in [7, 11) is 0. The Kier molecular flexibility index (Phi) is 5.95. The van der Waals surface area contributed by atoms with Crippen molar-refractivity contribution in [2.24, 2.45) is 0 Å². The lowest BCUT2D eigenvalue weighted by Gasteiger charge is -2.10. The van der Waals surface area contributed by atoms with Crippen LogP contribution in [0.5, 0.6) is 0 Å². The SMILES string of the molecule is CCn1ccnc(Nc2ccc(CNC(=O)OC(C)C)cc2)c1=O. The summed E-state index contributed by atoms with van der Waals surface area (Å²) in [6.45, 7) is 6.46. The number of nitrogens with one attached hydrogen (secondary N) is 2. The minimum Gasteiger partial charge on any atom is -0.447 e. The number of aryl methyl sites for hydroxylation is 1. The average molecular weight is 330 g/mol. The second kappa shape index (κ2) is 8.14. The molecule has 2 N–H and O–H groups in total. The molecule has 1 amide bonds. The van der Waals surface area contributed by atoms with Crippen LogP contribution in [0, 0.1) is 0 Å². The Bertz CT molecular complexity index is 738. The van der Waals surface area contributed by atoms with E-state index in [9.17, 15) is 9.59 Å². The fourth-order valence-corrected chi connectivity index (χ4v) is 2.05. The number of nitrogens with zero attached hydrogens (tertiary/aromatic N) is 2. The molecule has 0 aliphatic heterocycles. The fraction of sp³-hybridized carbons (Fsp3) is 0.353. The standard InChI is InChI=1S/C17H22N4O3/c1-4-21-10-9-18-15(16(21)22)20-14-7-5-13(6-8-14)11-19-17(23)24-12(2)3/h5-10,12H,4,11H2,1-3H3,(H,18,20)(H,19,23). The van der Waals surface area contributed by atoms with Gasteiger partial charge in [-0.25, -0.2) is 9.78 Å². The van der Waals surface area contributed by atoms with Gasteiger partial charge in [-0.1, -0.05) is 12.1 Å². The van der Waals surface area contributed by atoms with E-state index >= 15 is 0 Å². The lowest BCUT2D eigenvalue weighted by Crippen LogP contribution is -2.26. The van der Waals surface area contributed by atoms with Crippen molar-refractivity contribution in [3.63, 3.8) is 0 Å². The summed E-state index contributed by atoms with van der Waals surface area (Å²) < 4.78 is 6.58. The summed E-state index contributed by atoms with van der Waals surface area (Å²) in [4.78, 5) is 27.6. The molecule has 24 heavy (non-hydrogen) atoms. The van der Waals surface area contributed by atoms with Crippen LogP contribution in [-0.2, 0) is 17.8 Å². The highest BCUT2D eigenvalue weighted by molar-refractivity contribution is 5.67. The summed E-state index contributed by atoms with van der Waals surface area (Å²) in [6.07, 6.45) is 2.65. The summed E-state index contributed by atoms with van der Waals surface area (Å²) in [5, 5.41) is 5.69. The summed E-state index contributed by atoms with van der Waals surface area (Å²) in [5.74, 6) is 0.283. The van der Waals surface area contributed by atoms with Gasteiger partial charge in [-0.05, 0) is 38.5 Å². The molecular weight excluding hydrogens is 308 g/mol. The highest BCUT2D eigenvalue weighted by Crippen LogP contribution is 2.13. The highest BCUT2D eigenvalue weighted by atomic mass is 16.6. The van der Waals surface area contributed by atoms with Crippen LogP contribution in [0.1, 0.15) is 26.3 Å². The van der Waals surface area contributed by atoms with Crippen molar-refractivity contribution in [2.75, 3.05) is 5.32 Å². The molecule has 0 aliphatic carbocycles. The first-order valence-corrected chi connectivity index (χ1v) is 7.85. The number of carbonyl (C=O) groups excluding carboxylic acids is 1. The Morgan fingerprint density at radius 1 is 1.29 bits per heavy atom. The zero-order valence-electron chi connectivity index (χ0n) is 14.1. The third-order valence-electron chi connectivity index (χ3n) is 3.25. The molecule has 0 atom stereocenters. The molecule has 1 heterocycles. The molecule has 2 aromatic rings. The topological polar surface area (TPSA) is 85.2 Å². The van der Waals surface area contributed by atoms with Gasteiger partial charge in [0.15, 0.2) is 5.82 Å². The number of benzene rings is 1. The van der Waals surface area contributed by atoms with E-state index in [-0.39, 0.29) is 17.5 Å². The molecule has 1 aromatic heterocycles. The van der Waals surface area contributed by atoms with Gasteiger partial charge in [0.05, 0.1) is 6.10 Å². The van der Waals surface area contributed by atoms with Gasteiger partial charge in [0.25, 0.3) is 5.56 Å². The maximum absolute atomic E-state index is 12.1. The van der Waals surface area contributed by atoms with Gasteiger partial charge in [-0.3, -0.25) is 4.79 Å². The van der Waals surface area contributed by atoms with Crippen LogP contribution in [0.15, 0.2) is 41.5 Å². The van der Waals surface area contributed by atoms with Crippen molar-refractivity contribution in [3.05, 3.63) is 52.6 Å². The third kappa shape index (κ3) is 4.84. The lowest BCUT2D eigenvalue weighted by atomic mass is 10.2. The number of hydrogen-bond acceptors (Lipinski definition) is 5. The lowest BCUT2D eigenvalue weighted by molar-refractivity contribution is 0.115. The second-order valence-electron chi connectivity index (χ2n) is 5.50.